The monoisotopic (exact) mass is 279 g/mol. The third-order valence-corrected chi connectivity index (χ3v) is 3.53. The molecule has 0 radical (unpaired) electrons. The Morgan fingerprint density at radius 1 is 1.55 bits per heavy atom. The molecule has 1 fully saturated rings. The predicted octanol–water partition coefficient (Wildman–Crippen LogP) is 1.04. The lowest BCUT2D eigenvalue weighted by atomic mass is 10.1. The van der Waals surface area contributed by atoms with Gasteiger partial charge in [0.05, 0.1) is 6.54 Å². The number of hydrogen-bond acceptors (Lipinski definition) is 3. The summed E-state index contributed by atoms with van der Waals surface area (Å²) in [6, 6.07) is 5.34. The first-order valence-corrected chi connectivity index (χ1v) is 7.02. The molecule has 0 aromatic heterocycles. The normalized spacial score (nSPS) is 19.9. The molecule has 20 heavy (non-hydrogen) atoms. The van der Waals surface area contributed by atoms with Crippen molar-refractivity contribution in [2.24, 2.45) is 0 Å². The van der Waals surface area contributed by atoms with E-state index in [-0.39, 0.29) is 11.7 Å². The number of aryl methyl sites for hydroxylation is 1. The number of piperazine rings is 1. The number of carbonyl (C=O) groups is 1. The maximum atomic E-state index is 13.1. The van der Waals surface area contributed by atoms with E-state index in [2.05, 4.69) is 22.5 Å². The molecular weight excluding hydrogens is 257 g/mol. The van der Waals surface area contributed by atoms with E-state index in [0.29, 0.717) is 24.7 Å². The summed E-state index contributed by atoms with van der Waals surface area (Å²) in [7, 11) is 0. The van der Waals surface area contributed by atoms with Gasteiger partial charge >= 0.3 is 0 Å². The lowest BCUT2D eigenvalue weighted by Gasteiger charge is -2.31. The largest absolute Gasteiger partial charge is 0.351 e. The zero-order valence-electron chi connectivity index (χ0n) is 12.1. The van der Waals surface area contributed by atoms with Crippen LogP contribution in [-0.4, -0.2) is 43.0 Å². The molecule has 1 atom stereocenters. The number of rotatable bonds is 4. The van der Waals surface area contributed by atoms with Crippen LogP contribution < -0.4 is 10.6 Å². The molecule has 0 saturated carbocycles. The molecule has 110 valence electrons. The van der Waals surface area contributed by atoms with E-state index >= 15 is 0 Å². The minimum Gasteiger partial charge on any atom is -0.351 e. The lowest BCUT2D eigenvalue weighted by molar-refractivity contribution is -0.122. The van der Waals surface area contributed by atoms with E-state index in [1.807, 2.05) is 0 Å². The van der Waals surface area contributed by atoms with Gasteiger partial charge in [-0.3, -0.25) is 9.69 Å². The van der Waals surface area contributed by atoms with E-state index in [9.17, 15) is 9.18 Å². The Kier molecular flexibility index (Phi) is 5.09. The van der Waals surface area contributed by atoms with Crippen LogP contribution in [0.3, 0.4) is 0 Å². The van der Waals surface area contributed by atoms with Gasteiger partial charge in [-0.1, -0.05) is 12.1 Å². The number of halogens is 1. The third-order valence-electron chi connectivity index (χ3n) is 3.53. The Balaban J connectivity index is 1.78. The quantitative estimate of drug-likeness (QED) is 0.866. The van der Waals surface area contributed by atoms with E-state index in [1.54, 1.807) is 19.1 Å². The molecule has 1 amide bonds. The SMILES string of the molecule is Cc1cc(CNC(=O)CN2CCNC(C)C2)ccc1F. The second kappa shape index (κ2) is 6.81. The van der Waals surface area contributed by atoms with Gasteiger partial charge in [-0.25, -0.2) is 4.39 Å². The van der Waals surface area contributed by atoms with Crippen molar-refractivity contribution >= 4 is 5.91 Å². The van der Waals surface area contributed by atoms with Gasteiger partial charge in [-0.2, -0.15) is 0 Å². The molecule has 4 nitrogen and oxygen atoms in total. The fourth-order valence-corrected chi connectivity index (χ4v) is 2.43. The average molecular weight is 279 g/mol. The Morgan fingerprint density at radius 3 is 3.05 bits per heavy atom. The lowest BCUT2D eigenvalue weighted by Crippen LogP contribution is -2.51. The molecule has 0 spiro atoms. The first kappa shape index (κ1) is 14.9. The van der Waals surface area contributed by atoms with Crippen molar-refractivity contribution in [1.29, 1.82) is 0 Å². The van der Waals surface area contributed by atoms with Crippen LogP contribution in [0.15, 0.2) is 18.2 Å². The highest BCUT2D eigenvalue weighted by Crippen LogP contribution is 2.08. The molecule has 1 unspecified atom stereocenters. The highest BCUT2D eigenvalue weighted by molar-refractivity contribution is 5.78. The number of amides is 1. The smallest absolute Gasteiger partial charge is 0.234 e. The summed E-state index contributed by atoms with van der Waals surface area (Å²) in [5.41, 5.74) is 1.53. The van der Waals surface area contributed by atoms with Gasteiger partial charge in [-0.15, -0.1) is 0 Å². The topological polar surface area (TPSA) is 44.4 Å². The van der Waals surface area contributed by atoms with Crippen LogP contribution in [0.1, 0.15) is 18.1 Å². The van der Waals surface area contributed by atoms with Crippen molar-refractivity contribution in [3.05, 3.63) is 35.1 Å². The molecule has 1 aliphatic rings. The van der Waals surface area contributed by atoms with Gasteiger partial charge in [0.15, 0.2) is 0 Å². The van der Waals surface area contributed by atoms with Crippen molar-refractivity contribution in [3.8, 4) is 0 Å². The van der Waals surface area contributed by atoms with Crippen molar-refractivity contribution < 1.29 is 9.18 Å². The van der Waals surface area contributed by atoms with E-state index < -0.39 is 0 Å². The Morgan fingerprint density at radius 2 is 2.35 bits per heavy atom. The molecule has 5 heteroatoms. The van der Waals surface area contributed by atoms with Crippen LogP contribution in [0.2, 0.25) is 0 Å². The van der Waals surface area contributed by atoms with Crippen LogP contribution in [0, 0.1) is 12.7 Å². The van der Waals surface area contributed by atoms with Crippen molar-refractivity contribution in [2.45, 2.75) is 26.4 Å². The molecule has 2 rings (SSSR count). The van der Waals surface area contributed by atoms with Gasteiger partial charge in [0, 0.05) is 32.2 Å². The molecular formula is C15H22FN3O. The molecule has 2 N–H and O–H groups in total. The summed E-state index contributed by atoms with van der Waals surface area (Å²) >= 11 is 0. The van der Waals surface area contributed by atoms with Crippen molar-refractivity contribution in [3.63, 3.8) is 0 Å². The maximum Gasteiger partial charge on any atom is 0.234 e. The number of hydrogen-bond donors (Lipinski definition) is 2. The summed E-state index contributed by atoms with van der Waals surface area (Å²) in [6.07, 6.45) is 0. The third kappa shape index (κ3) is 4.28. The van der Waals surface area contributed by atoms with E-state index in [0.717, 1.165) is 25.2 Å². The van der Waals surface area contributed by atoms with Gasteiger partial charge in [0.2, 0.25) is 5.91 Å². The maximum absolute atomic E-state index is 13.1. The van der Waals surface area contributed by atoms with Crippen LogP contribution in [0.25, 0.3) is 0 Å². The van der Waals surface area contributed by atoms with Gasteiger partial charge in [-0.05, 0) is 31.0 Å². The van der Waals surface area contributed by atoms with Crippen LogP contribution in [-0.2, 0) is 11.3 Å². The van der Waals surface area contributed by atoms with Crippen LogP contribution in [0.5, 0.6) is 0 Å². The summed E-state index contributed by atoms with van der Waals surface area (Å²) < 4.78 is 13.1. The fraction of sp³-hybridized carbons (Fsp3) is 0.533. The summed E-state index contributed by atoms with van der Waals surface area (Å²) in [4.78, 5) is 14.0. The van der Waals surface area contributed by atoms with Crippen molar-refractivity contribution in [1.82, 2.24) is 15.5 Å². The van der Waals surface area contributed by atoms with E-state index in [4.69, 9.17) is 0 Å². The number of benzene rings is 1. The van der Waals surface area contributed by atoms with E-state index in [1.165, 1.54) is 6.07 Å². The molecule has 0 aliphatic carbocycles. The predicted molar refractivity (Wildman–Crippen MR) is 76.9 cm³/mol. The minimum absolute atomic E-state index is 0.0149. The number of nitrogens with zero attached hydrogens (tertiary/aromatic N) is 1. The summed E-state index contributed by atoms with van der Waals surface area (Å²) in [5.74, 6) is -0.198. The molecule has 0 bridgehead atoms. The van der Waals surface area contributed by atoms with Gasteiger partial charge < -0.3 is 10.6 Å². The van der Waals surface area contributed by atoms with Crippen LogP contribution >= 0.6 is 0 Å². The Hall–Kier alpha value is -1.46. The standard InChI is InChI=1S/C15H22FN3O/c1-11-7-13(3-4-14(11)16)8-18-15(20)10-19-6-5-17-12(2)9-19/h3-4,7,12,17H,5-6,8-10H2,1-2H3,(H,18,20). The molecule has 1 saturated heterocycles. The van der Waals surface area contributed by atoms with Crippen LogP contribution in [0.4, 0.5) is 4.39 Å². The minimum atomic E-state index is -0.213. The van der Waals surface area contributed by atoms with Gasteiger partial charge in [0.25, 0.3) is 0 Å². The highest BCUT2D eigenvalue weighted by atomic mass is 19.1. The zero-order chi connectivity index (χ0) is 14.5. The first-order chi connectivity index (χ1) is 9.54. The highest BCUT2D eigenvalue weighted by Gasteiger charge is 2.17. The fourth-order valence-electron chi connectivity index (χ4n) is 2.43. The summed E-state index contributed by atoms with van der Waals surface area (Å²) in [6.45, 7) is 7.42. The Labute approximate surface area is 119 Å². The number of carbonyl (C=O) groups excluding carboxylic acids is 1. The van der Waals surface area contributed by atoms with Gasteiger partial charge in [0.1, 0.15) is 5.82 Å². The van der Waals surface area contributed by atoms with Crippen molar-refractivity contribution in [2.75, 3.05) is 26.2 Å². The number of nitrogens with one attached hydrogen (secondary N) is 2. The average Bonchev–Trinajstić information content (AvgIpc) is 2.40. The first-order valence-electron chi connectivity index (χ1n) is 7.02. The second-order valence-electron chi connectivity index (χ2n) is 5.45. The summed E-state index contributed by atoms with van der Waals surface area (Å²) in [5, 5.41) is 6.23. The Bertz CT molecular complexity index is 478. The second-order valence-corrected chi connectivity index (χ2v) is 5.45. The molecule has 1 aromatic carbocycles. The zero-order valence-corrected chi connectivity index (χ0v) is 12.1. The molecule has 1 aromatic rings. The molecule has 1 heterocycles. The molecule has 1 aliphatic heterocycles.